The quantitative estimate of drug-likeness (QED) is 0.736. The van der Waals surface area contributed by atoms with Crippen LogP contribution < -0.4 is 14.8 Å². The van der Waals surface area contributed by atoms with Crippen molar-refractivity contribution in [1.82, 2.24) is 0 Å². The van der Waals surface area contributed by atoms with Gasteiger partial charge in [-0.1, -0.05) is 12.7 Å². The molecule has 0 bridgehead atoms. The van der Waals surface area contributed by atoms with Crippen molar-refractivity contribution in [2.45, 2.75) is 46.8 Å². The molecule has 0 aliphatic carbocycles. The van der Waals surface area contributed by atoms with E-state index in [4.69, 9.17) is 14.0 Å². The van der Waals surface area contributed by atoms with Crippen molar-refractivity contribution in [1.29, 1.82) is 0 Å². The van der Waals surface area contributed by atoms with E-state index >= 15 is 0 Å². The lowest BCUT2D eigenvalue weighted by Crippen LogP contribution is -2.19. The molecule has 1 unspecified atom stereocenters. The number of ether oxygens (including phenoxy) is 2. The number of hydrogen-bond donors (Lipinski definition) is 1. The molecule has 0 saturated heterocycles. The van der Waals surface area contributed by atoms with E-state index in [9.17, 15) is 9.46 Å². The Labute approximate surface area is 132 Å². The fourth-order valence-electron chi connectivity index (χ4n) is 1.98. The molecule has 5 nitrogen and oxygen atoms in total. The van der Waals surface area contributed by atoms with Crippen molar-refractivity contribution in [2.75, 3.05) is 6.61 Å². The summed E-state index contributed by atoms with van der Waals surface area (Å²) in [6.07, 6.45) is 1.31. The summed E-state index contributed by atoms with van der Waals surface area (Å²) in [5.74, 6) is 0.836. The lowest BCUT2D eigenvalue weighted by atomic mass is 10.2. The molecule has 1 atom stereocenters. The molecule has 0 aliphatic rings. The lowest BCUT2D eigenvalue weighted by molar-refractivity contribution is 0.229. The Hall–Kier alpha value is -1.29. The second-order valence-electron chi connectivity index (χ2n) is 5.33. The Morgan fingerprint density at radius 1 is 1.23 bits per heavy atom. The van der Waals surface area contributed by atoms with Crippen LogP contribution in [0.1, 0.15) is 40.2 Å². The molecular weight excluding hydrogens is 303 g/mol. The molecule has 0 heterocycles. The predicted molar refractivity (Wildman–Crippen MR) is 89.1 cm³/mol. The molecule has 1 aromatic rings. The largest absolute Gasteiger partial charge is 0.491 e. The van der Waals surface area contributed by atoms with Gasteiger partial charge in [0.25, 0.3) is 0 Å². The first-order valence-electron chi connectivity index (χ1n) is 7.33. The van der Waals surface area contributed by atoms with Crippen LogP contribution in [0.4, 0.5) is 0 Å². The second kappa shape index (κ2) is 7.82. The molecule has 0 spiro atoms. The number of hydrogen-bond acceptors (Lipinski definition) is 4. The average molecular weight is 328 g/mol. The average Bonchev–Trinajstić information content (AvgIpc) is 2.35. The van der Waals surface area contributed by atoms with Crippen LogP contribution in [0.5, 0.6) is 11.5 Å². The predicted octanol–water partition coefficient (Wildman–Crippen LogP) is 3.75. The summed E-state index contributed by atoms with van der Waals surface area (Å²) < 4.78 is 28.9. The fraction of sp³-hybridized carbons (Fsp3) is 0.500. The molecule has 124 valence electrons. The zero-order valence-corrected chi connectivity index (χ0v) is 14.7. The molecule has 1 aromatic carbocycles. The van der Waals surface area contributed by atoms with Gasteiger partial charge >= 0.3 is 7.60 Å². The zero-order valence-electron chi connectivity index (χ0n) is 13.8. The highest BCUT2D eigenvalue weighted by molar-refractivity contribution is 7.61. The maximum absolute atomic E-state index is 12.5. The first kappa shape index (κ1) is 18.8. The molecule has 0 saturated carbocycles. The monoisotopic (exact) mass is 328 g/mol. The Morgan fingerprint density at radius 3 is 2.27 bits per heavy atom. The van der Waals surface area contributed by atoms with Crippen molar-refractivity contribution in [3.8, 4) is 11.5 Å². The third-order valence-corrected chi connectivity index (χ3v) is 4.27. The van der Waals surface area contributed by atoms with E-state index in [1.54, 1.807) is 19.1 Å². The van der Waals surface area contributed by atoms with Crippen LogP contribution in [-0.4, -0.2) is 23.7 Å². The molecule has 22 heavy (non-hydrogen) atoms. The van der Waals surface area contributed by atoms with Crippen molar-refractivity contribution >= 4 is 19.0 Å². The van der Waals surface area contributed by atoms with Gasteiger partial charge in [-0.25, -0.2) is 0 Å². The Balaban J connectivity index is 3.50. The zero-order chi connectivity index (χ0) is 16.9. The van der Waals surface area contributed by atoms with E-state index in [-0.39, 0.29) is 29.9 Å². The van der Waals surface area contributed by atoms with Gasteiger partial charge in [0, 0.05) is 6.07 Å². The normalized spacial score (nSPS) is 14.0. The van der Waals surface area contributed by atoms with Crippen LogP contribution in [0.3, 0.4) is 0 Å². The smallest absolute Gasteiger partial charge is 0.363 e. The van der Waals surface area contributed by atoms with Gasteiger partial charge in [-0.15, -0.1) is 0 Å². The summed E-state index contributed by atoms with van der Waals surface area (Å²) in [6.45, 7) is 13.0. The first-order valence-corrected chi connectivity index (χ1v) is 8.90. The highest BCUT2D eigenvalue weighted by Gasteiger charge is 2.31. The van der Waals surface area contributed by atoms with Gasteiger partial charge in [0.05, 0.1) is 18.8 Å². The molecule has 1 rings (SSSR count). The first-order chi connectivity index (χ1) is 10.2. The van der Waals surface area contributed by atoms with Gasteiger partial charge in [0.15, 0.2) is 0 Å². The minimum absolute atomic E-state index is 0.0248. The van der Waals surface area contributed by atoms with Gasteiger partial charge in [0.2, 0.25) is 0 Å². The van der Waals surface area contributed by atoms with Crippen LogP contribution in [0.2, 0.25) is 0 Å². The SMILES string of the molecule is C=Cc1cc(OC(C)C)cc(OC(C)C)c1P(=O)(O)OCC. The molecule has 0 amide bonds. The number of rotatable bonds is 8. The Kier molecular flexibility index (Phi) is 6.66. The van der Waals surface area contributed by atoms with Crippen LogP contribution in [-0.2, 0) is 9.09 Å². The van der Waals surface area contributed by atoms with Gasteiger partial charge in [-0.2, -0.15) is 0 Å². The highest BCUT2D eigenvalue weighted by Crippen LogP contribution is 2.46. The van der Waals surface area contributed by atoms with E-state index in [0.29, 0.717) is 11.3 Å². The topological polar surface area (TPSA) is 65.0 Å². The standard InChI is InChI=1S/C16H25O5P/c1-7-13-9-14(20-11(3)4)10-15(21-12(5)6)16(13)22(17,18)19-8-2/h7,9-12H,1,8H2,2-6H3,(H,17,18). The van der Waals surface area contributed by atoms with Crippen molar-refractivity contribution in [3.63, 3.8) is 0 Å². The lowest BCUT2D eigenvalue weighted by Gasteiger charge is -2.21. The van der Waals surface area contributed by atoms with E-state index in [1.807, 2.05) is 27.7 Å². The fourth-order valence-corrected chi connectivity index (χ4v) is 3.34. The van der Waals surface area contributed by atoms with E-state index < -0.39 is 7.60 Å². The third-order valence-electron chi connectivity index (χ3n) is 2.62. The van der Waals surface area contributed by atoms with E-state index in [2.05, 4.69) is 6.58 Å². The molecule has 6 heteroatoms. The van der Waals surface area contributed by atoms with Crippen molar-refractivity contribution in [3.05, 3.63) is 24.3 Å². The van der Waals surface area contributed by atoms with Gasteiger partial charge in [-0.3, -0.25) is 4.57 Å². The summed E-state index contributed by atoms with van der Waals surface area (Å²) >= 11 is 0. The van der Waals surface area contributed by atoms with Crippen LogP contribution in [0, 0.1) is 0 Å². The third kappa shape index (κ3) is 4.87. The molecule has 1 N–H and O–H groups in total. The van der Waals surface area contributed by atoms with Crippen molar-refractivity contribution < 1.29 is 23.5 Å². The Bertz CT molecular complexity index is 566. The summed E-state index contributed by atoms with van der Waals surface area (Å²) in [6, 6.07) is 3.28. The number of benzene rings is 1. The van der Waals surface area contributed by atoms with Crippen molar-refractivity contribution in [2.24, 2.45) is 0 Å². The molecule has 0 radical (unpaired) electrons. The summed E-state index contributed by atoms with van der Waals surface area (Å²) in [5.41, 5.74) is 0.466. The van der Waals surface area contributed by atoms with Crippen LogP contribution in [0.15, 0.2) is 18.7 Å². The van der Waals surface area contributed by atoms with E-state index in [1.165, 1.54) is 6.08 Å². The van der Waals surface area contributed by atoms with Gasteiger partial charge in [0.1, 0.15) is 16.8 Å². The maximum Gasteiger partial charge on any atom is 0.363 e. The van der Waals surface area contributed by atoms with E-state index in [0.717, 1.165) is 0 Å². The molecule has 0 fully saturated rings. The minimum Gasteiger partial charge on any atom is -0.491 e. The van der Waals surface area contributed by atoms with Crippen LogP contribution >= 0.6 is 7.60 Å². The molecule has 0 aromatic heterocycles. The highest BCUT2D eigenvalue weighted by atomic mass is 31.2. The molecule has 0 aliphatic heterocycles. The van der Waals surface area contributed by atoms with Gasteiger partial charge < -0.3 is 18.9 Å². The summed E-state index contributed by atoms with van der Waals surface area (Å²) in [7, 11) is -4.00. The second-order valence-corrected chi connectivity index (χ2v) is 7.08. The van der Waals surface area contributed by atoms with Gasteiger partial charge in [-0.05, 0) is 46.2 Å². The summed E-state index contributed by atoms with van der Waals surface area (Å²) in [5, 5.41) is 0.120. The Morgan fingerprint density at radius 2 is 1.82 bits per heavy atom. The maximum atomic E-state index is 12.5. The van der Waals surface area contributed by atoms with Crippen LogP contribution in [0.25, 0.3) is 6.08 Å². The molecular formula is C16H25O5P. The minimum atomic E-state index is -4.00. The summed E-state index contributed by atoms with van der Waals surface area (Å²) in [4.78, 5) is 10.2.